The van der Waals surface area contributed by atoms with Crippen molar-refractivity contribution in [3.63, 3.8) is 0 Å². The Balaban J connectivity index is 2.75. The smallest absolute Gasteiger partial charge is 0.306 e. The molecule has 0 radical (unpaired) electrons. The first-order valence-corrected chi connectivity index (χ1v) is 8.05. The lowest BCUT2D eigenvalue weighted by Crippen LogP contribution is -2.47. The molecule has 1 rings (SSSR count). The number of hydrogen-bond donors (Lipinski definition) is 0. The highest BCUT2D eigenvalue weighted by Gasteiger charge is 2.40. The van der Waals surface area contributed by atoms with E-state index in [-0.39, 0.29) is 25.0 Å². The van der Waals surface area contributed by atoms with Gasteiger partial charge in [0, 0.05) is 25.7 Å². The third-order valence-electron chi connectivity index (χ3n) is 3.70. The van der Waals surface area contributed by atoms with Crippen molar-refractivity contribution in [1.29, 1.82) is 0 Å². The number of carbonyl (C=O) groups excluding carboxylic acids is 1. The Morgan fingerprint density at radius 3 is 2.58 bits per heavy atom. The number of esters is 1. The van der Waals surface area contributed by atoms with E-state index in [9.17, 15) is 13.2 Å². The normalized spacial score (nSPS) is 24.9. The second kappa shape index (κ2) is 6.67. The van der Waals surface area contributed by atoms with Gasteiger partial charge in [0.1, 0.15) is 0 Å². The van der Waals surface area contributed by atoms with Crippen molar-refractivity contribution in [1.82, 2.24) is 8.61 Å². The van der Waals surface area contributed by atoms with E-state index in [2.05, 4.69) is 4.74 Å². The molecule has 19 heavy (non-hydrogen) atoms. The molecule has 0 aliphatic carbocycles. The van der Waals surface area contributed by atoms with Gasteiger partial charge in [-0.15, -0.1) is 0 Å². The second-order valence-corrected chi connectivity index (χ2v) is 6.91. The highest BCUT2D eigenvalue weighted by atomic mass is 32.2. The van der Waals surface area contributed by atoms with Gasteiger partial charge in [-0.1, -0.05) is 6.92 Å². The molecular formula is C12H24N2O4S. The van der Waals surface area contributed by atoms with Crippen molar-refractivity contribution >= 4 is 16.2 Å². The van der Waals surface area contributed by atoms with E-state index in [0.29, 0.717) is 0 Å². The van der Waals surface area contributed by atoms with E-state index in [1.807, 2.05) is 13.8 Å². The standard InChI is InChI=1S/C12H24N2O4S/c1-5-11-7-6-10(2)14(11)19(16,17)13(3)9-8-12(15)18-4/h10-11H,5-9H2,1-4H3. The van der Waals surface area contributed by atoms with Crippen molar-refractivity contribution in [2.24, 2.45) is 0 Å². The summed E-state index contributed by atoms with van der Waals surface area (Å²) in [7, 11) is -0.686. The quantitative estimate of drug-likeness (QED) is 0.685. The van der Waals surface area contributed by atoms with Gasteiger partial charge in [-0.25, -0.2) is 0 Å². The van der Waals surface area contributed by atoms with Crippen LogP contribution in [-0.4, -0.2) is 55.8 Å². The first-order valence-electron chi connectivity index (χ1n) is 6.66. The molecule has 1 aliphatic rings. The molecule has 112 valence electrons. The lowest BCUT2D eigenvalue weighted by atomic mass is 10.2. The number of nitrogens with zero attached hydrogens (tertiary/aromatic N) is 2. The third-order valence-corrected chi connectivity index (χ3v) is 5.86. The van der Waals surface area contributed by atoms with Gasteiger partial charge in [-0.3, -0.25) is 4.79 Å². The highest BCUT2D eigenvalue weighted by Crippen LogP contribution is 2.30. The fourth-order valence-corrected chi connectivity index (χ4v) is 4.31. The Morgan fingerprint density at radius 2 is 2.05 bits per heavy atom. The van der Waals surface area contributed by atoms with Crippen LogP contribution in [0.2, 0.25) is 0 Å². The molecule has 2 unspecified atom stereocenters. The van der Waals surface area contributed by atoms with Crippen molar-refractivity contribution in [2.45, 2.75) is 51.6 Å². The molecule has 1 heterocycles. The molecule has 1 aliphatic heterocycles. The summed E-state index contributed by atoms with van der Waals surface area (Å²) in [5.41, 5.74) is 0. The largest absolute Gasteiger partial charge is 0.469 e. The zero-order chi connectivity index (χ0) is 14.6. The number of ether oxygens (including phenoxy) is 1. The van der Waals surface area contributed by atoms with Crippen LogP contribution >= 0.6 is 0 Å². The Hall–Kier alpha value is -0.660. The molecule has 1 saturated heterocycles. The predicted molar refractivity (Wildman–Crippen MR) is 72.8 cm³/mol. The van der Waals surface area contributed by atoms with Crippen LogP contribution in [0.25, 0.3) is 0 Å². The van der Waals surface area contributed by atoms with Crippen molar-refractivity contribution < 1.29 is 17.9 Å². The summed E-state index contributed by atoms with van der Waals surface area (Å²) in [5, 5.41) is 0. The molecule has 0 saturated carbocycles. The number of methoxy groups -OCH3 is 1. The lowest BCUT2D eigenvalue weighted by Gasteiger charge is -2.31. The maximum Gasteiger partial charge on any atom is 0.306 e. The van der Waals surface area contributed by atoms with Crippen molar-refractivity contribution in [3.8, 4) is 0 Å². The summed E-state index contributed by atoms with van der Waals surface area (Å²) >= 11 is 0. The second-order valence-electron chi connectivity index (χ2n) is 4.97. The Bertz CT molecular complexity index is 410. The van der Waals surface area contributed by atoms with E-state index in [0.717, 1.165) is 19.3 Å². The topological polar surface area (TPSA) is 66.9 Å². The summed E-state index contributed by atoms with van der Waals surface area (Å²) < 4.78 is 32.4. The van der Waals surface area contributed by atoms with Gasteiger partial charge >= 0.3 is 5.97 Å². The van der Waals surface area contributed by atoms with E-state index in [1.54, 1.807) is 4.31 Å². The summed E-state index contributed by atoms with van der Waals surface area (Å²) in [4.78, 5) is 11.1. The van der Waals surface area contributed by atoms with Crippen LogP contribution in [0.1, 0.15) is 39.5 Å². The molecule has 0 spiro atoms. The number of hydrogen-bond acceptors (Lipinski definition) is 4. The van der Waals surface area contributed by atoms with Gasteiger partial charge < -0.3 is 4.74 Å². The van der Waals surface area contributed by atoms with E-state index in [4.69, 9.17) is 0 Å². The zero-order valence-corrected chi connectivity index (χ0v) is 12.9. The Kier molecular flexibility index (Phi) is 5.76. The average Bonchev–Trinajstić information content (AvgIpc) is 2.76. The summed E-state index contributed by atoms with van der Waals surface area (Å²) in [6.07, 6.45) is 2.68. The van der Waals surface area contributed by atoms with Crippen molar-refractivity contribution in [3.05, 3.63) is 0 Å². The molecule has 2 atom stereocenters. The van der Waals surface area contributed by atoms with Crippen LogP contribution < -0.4 is 0 Å². The molecule has 1 fully saturated rings. The summed E-state index contributed by atoms with van der Waals surface area (Å²) in [5.74, 6) is -0.399. The highest BCUT2D eigenvalue weighted by molar-refractivity contribution is 7.86. The molecule has 0 amide bonds. The predicted octanol–water partition coefficient (Wildman–Crippen LogP) is 0.989. The van der Waals surface area contributed by atoms with Crippen LogP contribution in [0, 0.1) is 0 Å². The molecule has 7 heteroatoms. The molecular weight excluding hydrogens is 268 g/mol. The maximum atomic E-state index is 12.5. The zero-order valence-electron chi connectivity index (χ0n) is 12.1. The summed E-state index contributed by atoms with van der Waals surface area (Å²) in [6, 6.07) is 0.0936. The van der Waals surface area contributed by atoms with Gasteiger partial charge in [0.05, 0.1) is 13.5 Å². The van der Waals surface area contributed by atoms with Crippen LogP contribution in [0.5, 0.6) is 0 Å². The minimum Gasteiger partial charge on any atom is -0.469 e. The first-order chi connectivity index (χ1) is 8.84. The van der Waals surface area contributed by atoms with E-state index < -0.39 is 16.2 Å². The van der Waals surface area contributed by atoms with Crippen molar-refractivity contribution in [2.75, 3.05) is 20.7 Å². The summed E-state index contributed by atoms with van der Waals surface area (Å²) in [6.45, 7) is 4.08. The molecule has 6 nitrogen and oxygen atoms in total. The Morgan fingerprint density at radius 1 is 1.42 bits per heavy atom. The lowest BCUT2D eigenvalue weighted by molar-refractivity contribution is -0.140. The van der Waals surface area contributed by atoms with Crippen LogP contribution in [-0.2, 0) is 19.7 Å². The number of rotatable bonds is 6. The van der Waals surface area contributed by atoms with Gasteiger partial charge in [0.15, 0.2) is 0 Å². The van der Waals surface area contributed by atoms with Crippen LogP contribution in [0.15, 0.2) is 0 Å². The van der Waals surface area contributed by atoms with Gasteiger partial charge in [0.2, 0.25) is 0 Å². The Labute approximate surface area is 115 Å². The third kappa shape index (κ3) is 3.67. The van der Waals surface area contributed by atoms with Gasteiger partial charge in [-0.05, 0) is 26.2 Å². The van der Waals surface area contributed by atoms with E-state index in [1.165, 1.54) is 18.5 Å². The van der Waals surface area contributed by atoms with Crippen LogP contribution in [0.4, 0.5) is 0 Å². The first kappa shape index (κ1) is 16.4. The maximum absolute atomic E-state index is 12.5. The molecule has 0 N–H and O–H groups in total. The fourth-order valence-electron chi connectivity index (χ4n) is 2.47. The SMILES string of the molecule is CCC1CCC(C)N1S(=O)(=O)N(C)CCC(=O)OC. The monoisotopic (exact) mass is 292 g/mol. The average molecular weight is 292 g/mol. The van der Waals surface area contributed by atoms with Gasteiger partial charge in [-0.2, -0.15) is 17.0 Å². The molecule has 0 aromatic rings. The van der Waals surface area contributed by atoms with Crippen LogP contribution in [0.3, 0.4) is 0 Å². The molecule has 0 bridgehead atoms. The number of carbonyl (C=O) groups is 1. The molecule has 0 aromatic heterocycles. The molecule has 0 aromatic carbocycles. The van der Waals surface area contributed by atoms with Gasteiger partial charge in [0.25, 0.3) is 10.2 Å². The fraction of sp³-hybridized carbons (Fsp3) is 0.917. The van der Waals surface area contributed by atoms with E-state index >= 15 is 0 Å². The minimum absolute atomic E-state index is 0.0236. The minimum atomic E-state index is -3.49.